The van der Waals surface area contributed by atoms with Gasteiger partial charge in [0.25, 0.3) is 0 Å². The van der Waals surface area contributed by atoms with Crippen molar-refractivity contribution < 1.29 is 0 Å². The Labute approximate surface area is 88.7 Å². The summed E-state index contributed by atoms with van der Waals surface area (Å²) >= 11 is 0. The summed E-state index contributed by atoms with van der Waals surface area (Å²) in [5.74, 6) is 8.09. The molecule has 0 saturated carbocycles. The summed E-state index contributed by atoms with van der Waals surface area (Å²) in [6.07, 6.45) is 1.05. The smallest absolute Gasteiger partial charge is 0.0743 e. The van der Waals surface area contributed by atoms with Gasteiger partial charge in [0, 0.05) is 6.42 Å². The third-order valence-electron chi connectivity index (χ3n) is 3.85. The lowest BCUT2D eigenvalue weighted by atomic mass is 9.69. The maximum absolute atomic E-state index is 3.49. The summed E-state index contributed by atoms with van der Waals surface area (Å²) in [7, 11) is 0. The molecule has 0 heterocycles. The van der Waals surface area contributed by atoms with Crippen molar-refractivity contribution in [1.82, 2.24) is 5.32 Å². The van der Waals surface area contributed by atoms with Gasteiger partial charge in [-0.15, -0.1) is 5.92 Å². The van der Waals surface area contributed by atoms with Crippen molar-refractivity contribution >= 4 is 0 Å². The van der Waals surface area contributed by atoms with Crippen LogP contribution >= 0.6 is 0 Å². The fourth-order valence-corrected chi connectivity index (χ4v) is 2.20. The Balaban J connectivity index is 2.87. The van der Waals surface area contributed by atoms with Gasteiger partial charge in [-0.05, 0) is 23.8 Å². The van der Waals surface area contributed by atoms with Crippen molar-refractivity contribution in [2.24, 2.45) is 17.3 Å². The van der Waals surface area contributed by atoms with E-state index in [-0.39, 0.29) is 5.41 Å². The van der Waals surface area contributed by atoms with Crippen LogP contribution in [0.15, 0.2) is 0 Å². The zero-order valence-corrected chi connectivity index (χ0v) is 10.1. The summed E-state index contributed by atoms with van der Waals surface area (Å²) in [5, 5.41) is 3.49. The SMILES string of the molecule is CCNC1C#CCC(C)C(C)C1(C)C. The third-order valence-corrected chi connectivity index (χ3v) is 3.85. The molecule has 1 N–H and O–H groups in total. The molecule has 3 unspecified atom stereocenters. The van der Waals surface area contributed by atoms with Gasteiger partial charge in [-0.3, -0.25) is 0 Å². The lowest BCUT2D eigenvalue weighted by molar-refractivity contribution is 0.141. The van der Waals surface area contributed by atoms with Crippen LogP contribution in [0.1, 0.15) is 41.0 Å². The molecule has 0 amide bonds. The normalized spacial score (nSPS) is 35.6. The van der Waals surface area contributed by atoms with Crippen LogP contribution < -0.4 is 5.32 Å². The van der Waals surface area contributed by atoms with Crippen LogP contribution in [0, 0.1) is 29.1 Å². The maximum Gasteiger partial charge on any atom is 0.0743 e. The molecular formula is C13H23N. The van der Waals surface area contributed by atoms with E-state index in [4.69, 9.17) is 0 Å². The van der Waals surface area contributed by atoms with E-state index in [0.717, 1.165) is 13.0 Å². The molecule has 1 aliphatic carbocycles. The monoisotopic (exact) mass is 193 g/mol. The van der Waals surface area contributed by atoms with E-state index in [1.807, 2.05) is 0 Å². The molecule has 0 bridgehead atoms. The van der Waals surface area contributed by atoms with Gasteiger partial charge in [-0.2, -0.15) is 0 Å². The van der Waals surface area contributed by atoms with E-state index in [9.17, 15) is 0 Å². The van der Waals surface area contributed by atoms with Crippen LogP contribution in [0.5, 0.6) is 0 Å². The molecule has 1 heteroatoms. The van der Waals surface area contributed by atoms with E-state index in [2.05, 4.69) is 51.8 Å². The number of hydrogen-bond donors (Lipinski definition) is 1. The molecule has 1 nitrogen and oxygen atoms in total. The van der Waals surface area contributed by atoms with Gasteiger partial charge in [0.05, 0.1) is 6.04 Å². The van der Waals surface area contributed by atoms with Crippen LogP contribution in [0.4, 0.5) is 0 Å². The number of rotatable bonds is 2. The molecule has 0 aromatic carbocycles. The average Bonchev–Trinajstić information content (AvgIpc) is 2.21. The summed E-state index contributed by atoms with van der Waals surface area (Å²) in [6.45, 7) is 12.5. The van der Waals surface area contributed by atoms with Gasteiger partial charge in [0.15, 0.2) is 0 Å². The van der Waals surface area contributed by atoms with Crippen LogP contribution in [0.2, 0.25) is 0 Å². The van der Waals surface area contributed by atoms with Crippen LogP contribution in [0.3, 0.4) is 0 Å². The first-order chi connectivity index (χ1) is 6.50. The number of hydrogen-bond acceptors (Lipinski definition) is 1. The molecule has 0 aromatic rings. The molecule has 0 aliphatic heterocycles. The minimum Gasteiger partial charge on any atom is -0.304 e. The molecule has 1 rings (SSSR count). The van der Waals surface area contributed by atoms with Crippen LogP contribution in [-0.2, 0) is 0 Å². The van der Waals surface area contributed by atoms with Crippen LogP contribution in [0.25, 0.3) is 0 Å². The first-order valence-electron chi connectivity index (χ1n) is 5.72. The highest BCUT2D eigenvalue weighted by Crippen LogP contribution is 2.38. The Morgan fingerprint density at radius 2 is 2.00 bits per heavy atom. The highest BCUT2D eigenvalue weighted by Gasteiger charge is 2.37. The first kappa shape index (κ1) is 11.6. The average molecular weight is 193 g/mol. The molecule has 0 radical (unpaired) electrons. The summed E-state index contributed by atoms with van der Waals surface area (Å²) in [5.41, 5.74) is 0.277. The molecular weight excluding hydrogens is 170 g/mol. The molecule has 1 aliphatic rings. The molecule has 0 aromatic heterocycles. The van der Waals surface area contributed by atoms with Crippen molar-refractivity contribution in [1.29, 1.82) is 0 Å². The van der Waals surface area contributed by atoms with E-state index in [0.29, 0.717) is 17.9 Å². The second-order valence-corrected chi connectivity index (χ2v) is 5.10. The fraction of sp³-hybridized carbons (Fsp3) is 0.846. The molecule has 80 valence electrons. The topological polar surface area (TPSA) is 12.0 Å². The molecule has 0 saturated heterocycles. The lowest BCUT2D eigenvalue weighted by Gasteiger charge is -2.38. The highest BCUT2D eigenvalue weighted by molar-refractivity contribution is 5.16. The van der Waals surface area contributed by atoms with Gasteiger partial charge >= 0.3 is 0 Å². The van der Waals surface area contributed by atoms with Gasteiger partial charge < -0.3 is 5.32 Å². The van der Waals surface area contributed by atoms with Gasteiger partial charge in [-0.1, -0.05) is 40.5 Å². The Kier molecular flexibility index (Phi) is 3.61. The molecule has 14 heavy (non-hydrogen) atoms. The van der Waals surface area contributed by atoms with Gasteiger partial charge in [-0.25, -0.2) is 0 Å². The predicted octanol–water partition coefficient (Wildman–Crippen LogP) is 2.67. The zero-order valence-electron chi connectivity index (χ0n) is 10.1. The fourth-order valence-electron chi connectivity index (χ4n) is 2.20. The summed E-state index contributed by atoms with van der Waals surface area (Å²) in [6, 6.07) is 0.354. The van der Waals surface area contributed by atoms with E-state index < -0.39 is 0 Å². The van der Waals surface area contributed by atoms with Crippen molar-refractivity contribution in [3.05, 3.63) is 0 Å². The van der Waals surface area contributed by atoms with Crippen molar-refractivity contribution in [2.75, 3.05) is 6.54 Å². The first-order valence-corrected chi connectivity index (χ1v) is 5.72. The second-order valence-electron chi connectivity index (χ2n) is 5.10. The van der Waals surface area contributed by atoms with Gasteiger partial charge in [0.2, 0.25) is 0 Å². The Bertz CT molecular complexity index is 244. The highest BCUT2D eigenvalue weighted by atomic mass is 14.9. The van der Waals surface area contributed by atoms with Crippen LogP contribution in [-0.4, -0.2) is 12.6 Å². The minimum absolute atomic E-state index is 0.277. The predicted molar refractivity (Wildman–Crippen MR) is 62.0 cm³/mol. The van der Waals surface area contributed by atoms with E-state index >= 15 is 0 Å². The largest absolute Gasteiger partial charge is 0.304 e. The summed E-state index contributed by atoms with van der Waals surface area (Å²) in [4.78, 5) is 0. The van der Waals surface area contributed by atoms with E-state index in [1.165, 1.54) is 0 Å². The number of nitrogens with one attached hydrogen (secondary N) is 1. The quantitative estimate of drug-likeness (QED) is 0.665. The summed E-state index contributed by atoms with van der Waals surface area (Å²) < 4.78 is 0. The second kappa shape index (κ2) is 4.36. The Morgan fingerprint density at radius 1 is 1.36 bits per heavy atom. The Hall–Kier alpha value is -0.480. The van der Waals surface area contributed by atoms with Crippen molar-refractivity contribution in [2.45, 2.75) is 47.1 Å². The minimum atomic E-state index is 0.277. The maximum atomic E-state index is 3.49. The van der Waals surface area contributed by atoms with Crippen molar-refractivity contribution in [3.8, 4) is 11.8 Å². The Morgan fingerprint density at radius 3 is 2.57 bits per heavy atom. The zero-order chi connectivity index (χ0) is 10.8. The molecule has 0 fully saturated rings. The molecule has 0 spiro atoms. The molecule has 3 atom stereocenters. The third kappa shape index (κ3) is 2.12. The van der Waals surface area contributed by atoms with Crippen molar-refractivity contribution in [3.63, 3.8) is 0 Å². The van der Waals surface area contributed by atoms with Gasteiger partial charge in [0.1, 0.15) is 0 Å². The van der Waals surface area contributed by atoms with E-state index in [1.54, 1.807) is 0 Å². The lowest BCUT2D eigenvalue weighted by Crippen LogP contribution is -2.45. The standard InChI is InChI=1S/C13H23N/c1-6-14-12-9-7-8-10(2)11(3)13(12,4)5/h10-12,14H,6,8H2,1-5H3.